The van der Waals surface area contributed by atoms with Crippen LogP contribution in [0.3, 0.4) is 0 Å². The number of ether oxygens (including phenoxy) is 5. The van der Waals surface area contributed by atoms with Crippen LogP contribution in [0.25, 0.3) is 0 Å². The molecular formula is C26H33NO12. The number of carbonyl (C=O) groups is 5. The molecular weight excluding hydrogens is 518 g/mol. The minimum atomic E-state index is -1.72. The van der Waals surface area contributed by atoms with Gasteiger partial charge in [0.2, 0.25) is 0 Å². The van der Waals surface area contributed by atoms with Gasteiger partial charge >= 0.3 is 29.8 Å². The molecule has 0 heterocycles. The first-order valence-corrected chi connectivity index (χ1v) is 12.6. The summed E-state index contributed by atoms with van der Waals surface area (Å²) in [4.78, 5) is 72.8. The third-order valence-electron chi connectivity index (χ3n) is 7.43. The Labute approximate surface area is 224 Å². The fourth-order valence-electron chi connectivity index (χ4n) is 6.20. The van der Waals surface area contributed by atoms with Crippen LogP contribution in [0.2, 0.25) is 0 Å². The van der Waals surface area contributed by atoms with E-state index in [9.17, 15) is 34.1 Å². The summed E-state index contributed by atoms with van der Waals surface area (Å²) in [7, 11) is 0. The lowest BCUT2D eigenvalue weighted by Gasteiger charge is -2.52. The molecule has 0 aromatic carbocycles. The maximum Gasteiger partial charge on any atom is 0.303 e. The highest BCUT2D eigenvalue weighted by Crippen LogP contribution is 2.57. The van der Waals surface area contributed by atoms with Crippen LogP contribution in [0, 0.1) is 33.8 Å². The predicted molar refractivity (Wildman–Crippen MR) is 130 cm³/mol. The van der Waals surface area contributed by atoms with Crippen molar-refractivity contribution in [2.45, 2.75) is 77.4 Å². The molecule has 4 aliphatic carbocycles. The molecule has 0 spiro atoms. The monoisotopic (exact) mass is 551 g/mol. The number of esters is 5. The van der Waals surface area contributed by atoms with Gasteiger partial charge in [-0.1, -0.05) is 18.2 Å². The SMILES string of the molecule is CC(=O)OC[C@@H](OC(C)=O)[C@@H](OC(C)=O)[C@H](OC(C)=O)[C@H](OC(C)=O)C1CC2C=CC1([N+](=O)[O-])C1C=CCC21. The Hall–Kier alpha value is -3.77. The quantitative estimate of drug-likeness (QED) is 0.120. The summed E-state index contributed by atoms with van der Waals surface area (Å²) in [6.45, 7) is 4.77. The van der Waals surface area contributed by atoms with Crippen LogP contribution in [-0.2, 0) is 47.7 Å². The van der Waals surface area contributed by atoms with E-state index in [1.54, 1.807) is 12.2 Å². The maximum absolute atomic E-state index is 12.8. The molecule has 9 atom stereocenters. The zero-order valence-electron chi connectivity index (χ0n) is 22.4. The van der Waals surface area contributed by atoms with E-state index < -0.39 is 83.2 Å². The van der Waals surface area contributed by atoms with Crippen molar-refractivity contribution in [3.05, 3.63) is 34.4 Å². The zero-order chi connectivity index (χ0) is 29.1. The molecule has 13 nitrogen and oxygen atoms in total. The second-order valence-corrected chi connectivity index (χ2v) is 10.0. The Morgan fingerprint density at radius 2 is 1.46 bits per heavy atom. The molecule has 0 aliphatic heterocycles. The van der Waals surface area contributed by atoms with Crippen molar-refractivity contribution in [2.24, 2.45) is 23.7 Å². The van der Waals surface area contributed by atoms with Gasteiger partial charge in [-0.25, -0.2) is 0 Å². The van der Waals surface area contributed by atoms with Gasteiger partial charge in [0.15, 0.2) is 24.4 Å². The Morgan fingerprint density at radius 1 is 0.872 bits per heavy atom. The summed E-state index contributed by atoms with van der Waals surface area (Å²) in [6, 6.07) is 0. The van der Waals surface area contributed by atoms with Gasteiger partial charge in [0, 0.05) is 39.5 Å². The molecule has 0 saturated heterocycles. The van der Waals surface area contributed by atoms with E-state index in [0.29, 0.717) is 6.42 Å². The van der Waals surface area contributed by atoms with Crippen molar-refractivity contribution in [3.63, 3.8) is 0 Å². The molecule has 39 heavy (non-hydrogen) atoms. The topological polar surface area (TPSA) is 175 Å². The number of carbonyl (C=O) groups excluding carboxylic acids is 5. The second-order valence-electron chi connectivity index (χ2n) is 10.0. The normalized spacial score (nSPS) is 29.3. The van der Waals surface area contributed by atoms with Crippen molar-refractivity contribution in [1.82, 2.24) is 0 Å². The van der Waals surface area contributed by atoms with Crippen LogP contribution in [0.15, 0.2) is 24.3 Å². The Kier molecular flexibility index (Phi) is 9.13. The first-order valence-electron chi connectivity index (χ1n) is 12.6. The van der Waals surface area contributed by atoms with Gasteiger partial charge in [-0.15, -0.1) is 0 Å². The number of rotatable bonds is 11. The Bertz CT molecular complexity index is 1080. The number of nitrogens with zero attached hydrogens (tertiary/aromatic N) is 1. The summed E-state index contributed by atoms with van der Waals surface area (Å²) < 4.78 is 26.9. The summed E-state index contributed by atoms with van der Waals surface area (Å²) in [5.41, 5.74) is -1.72. The van der Waals surface area contributed by atoms with Crippen molar-refractivity contribution < 1.29 is 52.6 Å². The van der Waals surface area contributed by atoms with Crippen LogP contribution in [0.1, 0.15) is 47.5 Å². The van der Waals surface area contributed by atoms with Crippen LogP contribution in [-0.4, -0.2) is 71.3 Å². The third kappa shape index (κ3) is 6.28. The first kappa shape index (κ1) is 29.8. The standard InChI is InChI=1S/C26H33NO12/c1-13(28)35-12-22(36-14(2)29)24(38-16(4)31)25(39-17(5)32)23(37-15(3)30)21-11-18-9-10-26(21,27(33)34)20-8-6-7-19(18)20/h6,8-10,18-25H,7,11-12H2,1-5H3/t18?,19?,20?,21?,22-,23-,24-,25-,26?/m1/s1. The van der Waals surface area contributed by atoms with Gasteiger partial charge in [0.1, 0.15) is 6.61 Å². The van der Waals surface area contributed by atoms with Crippen LogP contribution >= 0.6 is 0 Å². The fourth-order valence-corrected chi connectivity index (χ4v) is 6.20. The number of nitro groups is 1. The second kappa shape index (κ2) is 12.0. The van der Waals surface area contributed by atoms with E-state index >= 15 is 0 Å². The minimum absolute atomic E-state index is 0.0242. The van der Waals surface area contributed by atoms with Crippen LogP contribution in [0.4, 0.5) is 0 Å². The molecule has 214 valence electrons. The summed E-state index contributed by atoms with van der Waals surface area (Å²) in [5.74, 6) is -5.83. The van der Waals surface area contributed by atoms with Gasteiger partial charge in [0.25, 0.3) is 5.54 Å². The molecule has 13 heteroatoms. The molecule has 4 aliphatic rings. The highest BCUT2D eigenvalue weighted by atomic mass is 16.6. The van der Waals surface area contributed by atoms with Gasteiger partial charge in [-0.05, 0) is 30.8 Å². The summed E-state index contributed by atoms with van der Waals surface area (Å²) in [5, 5.41) is 12.8. The zero-order valence-corrected chi connectivity index (χ0v) is 22.4. The van der Waals surface area contributed by atoms with Crippen molar-refractivity contribution in [1.29, 1.82) is 0 Å². The van der Waals surface area contributed by atoms with E-state index in [4.69, 9.17) is 23.7 Å². The highest BCUT2D eigenvalue weighted by molar-refractivity contribution is 5.69. The molecule has 0 radical (unpaired) electrons. The lowest BCUT2D eigenvalue weighted by Crippen LogP contribution is -2.66. The van der Waals surface area contributed by atoms with E-state index in [-0.39, 0.29) is 18.3 Å². The lowest BCUT2D eigenvalue weighted by atomic mass is 9.53. The van der Waals surface area contributed by atoms with Gasteiger partial charge in [-0.2, -0.15) is 0 Å². The molecule has 0 aromatic rings. The summed E-state index contributed by atoms with van der Waals surface area (Å²) >= 11 is 0. The Morgan fingerprint density at radius 3 is 2.00 bits per heavy atom. The molecule has 0 amide bonds. The minimum Gasteiger partial charge on any atom is -0.462 e. The number of fused-ring (bicyclic) bond motifs is 1. The molecule has 0 aromatic heterocycles. The van der Waals surface area contributed by atoms with Crippen molar-refractivity contribution in [3.8, 4) is 0 Å². The highest BCUT2D eigenvalue weighted by Gasteiger charge is 2.68. The van der Waals surface area contributed by atoms with Crippen LogP contribution in [0.5, 0.6) is 0 Å². The average molecular weight is 552 g/mol. The van der Waals surface area contributed by atoms with E-state index in [1.165, 1.54) is 6.08 Å². The predicted octanol–water partition coefficient (Wildman–Crippen LogP) is 1.69. The maximum atomic E-state index is 12.8. The van der Waals surface area contributed by atoms with E-state index in [2.05, 4.69) is 0 Å². The Balaban J connectivity index is 2.17. The number of hydrogen-bond donors (Lipinski definition) is 0. The van der Waals surface area contributed by atoms with Gasteiger partial charge in [0.05, 0.1) is 11.8 Å². The summed E-state index contributed by atoms with van der Waals surface area (Å²) in [6.07, 6.45) is 1.53. The largest absolute Gasteiger partial charge is 0.462 e. The van der Waals surface area contributed by atoms with Crippen molar-refractivity contribution in [2.75, 3.05) is 6.61 Å². The van der Waals surface area contributed by atoms with E-state index in [1.807, 2.05) is 6.08 Å². The van der Waals surface area contributed by atoms with Gasteiger partial charge in [-0.3, -0.25) is 34.1 Å². The number of hydrogen-bond acceptors (Lipinski definition) is 12. The molecule has 5 unspecified atom stereocenters. The number of allylic oxidation sites excluding steroid dienone is 2. The average Bonchev–Trinajstić information content (AvgIpc) is 3.34. The molecule has 2 bridgehead atoms. The third-order valence-corrected chi connectivity index (χ3v) is 7.43. The molecule has 1 fully saturated rings. The lowest BCUT2D eigenvalue weighted by molar-refractivity contribution is -0.585. The van der Waals surface area contributed by atoms with E-state index in [0.717, 1.165) is 34.6 Å². The molecule has 1 saturated carbocycles. The van der Waals surface area contributed by atoms with Crippen molar-refractivity contribution >= 4 is 29.8 Å². The van der Waals surface area contributed by atoms with Crippen LogP contribution < -0.4 is 0 Å². The smallest absolute Gasteiger partial charge is 0.303 e. The molecule has 4 rings (SSSR count). The first-order chi connectivity index (χ1) is 18.3. The van der Waals surface area contributed by atoms with Gasteiger partial charge < -0.3 is 23.7 Å². The molecule has 0 N–H and O–H groups in total. The fraction of sp³-hybridized carbons (Fsp3) is 0.654.